The highest BCUT2D eigenvalue weighted by atomic mass is 16.5. The van der Waals surface area contributed by atoms with Crippen LogP contribution in [-0.4, -0.2) is 9.55 Å². The second-order valence-corrected chi connectivity index (χ2v) is 5.26. The number of fused-ring (bicyclic) bond motifs is 5. The molecule has 5 rings (SSSR count). The highest BCUT2D eigenvalue weighted by Gasteiger charge is 2.24. The molecule has 102 valence electrons. The first kappa shape index (κ1) is 11.4. The first-order valence-electron chi connectivity index (χ1n) is 6.97. The van der Waals surface area contributed by atoms with Crippen LogP contribution < -0.4 is 4.74 Å². The van der Waals surface area contributed by atoms with Crippen LogP contribution in [0.5, 0.6) is 11.5 Å². The number of hydrogen-bond acceptors (Lipinski definition) is 3. The van der Waals surface area contributed by atoms with Gasteiger partial charge in [0.25, 0.3) is 0 Å². The van der Waals surface area contributed by atoms with Crippen molar-refractivity contribution >= 4 is 21.9 Å². The van der Waals surface area contributed by atoms with E-state index in [4.69, 9.17) is 10.00 Å². The molecule has 0 radical (unpaired) electrons. The van der Waals surface area contributed by atoms with Crippen LogP contribution in [0.15, 0.2) is 54.7 Å². The second-order valence-electron chi connectivity index (χ2n) is 5.26. The third-order valence-corrected chi connectivity index (χ3v) is 4.06. The molecule has 0 spiro atoms. The van der Waals surface area contributed by atoms with Crippen molar-refractivity contribution in [1.29, 1.82) is 5.26 Å². The lowest BCUT2D eigenvalue weighted by atomic mass is 10.1. The minimum Gasteiger partial charge on any atom is -0.453 e. The highest BCUT2D eigenvalue weighted by molar-refractivity contribution is 6.10. The Morgan fingerprint density at radius 2 is 1.91 bits per heavy atom. The molecule has 0 saturated carbocycles. The van der Waals surface area contributed by atoms with Crippen molar-refractivity contribution < 1.29 is 4.74 Å². The Morgan fingerprint density at radius 3 is 2.82 bits per heavy atom. The molecule has 0 saturated heterocycles. The van der Waals surface area contributed by atoms with E-state index in [1.54, 1.807) is 18.3 Å². The summed E-state index contributed by atoms with van der Waals surface area (Å²) in [5, 5.41) is 11.3. The maximum atomic E-state index is 9.09. The molecule has 0 fully saturated rings. The molecular formula is C18H9N3O. The molecule has 4 aromatic rings. The van der Waals surface area contributed by atoms with Crippen molar-refractivity contribution in [3.05, 3.63) is 60.3 Å². The molecule has 3 heterocycles. The molecule has 2 aromatic carbocycles. The van der Waals surface area contributed by atoms with Crippen LogP contribution >= 0.6 is 0 Å². The lowest BCUT2D eigenvalue weighted by molar-refractivity contribution is 0.476. The Hall–Kier alpha value is -3.32. The van der Waals surface area contributed by atoms with E-state index in [9.17, 15) is 0 Å². The molecular weight excluding hydrogens is 274 g/mol. The summed E-state index contributed by atoms with van der Waals surface area (Å²) in [4.78, 5) is 4.55. The van der Waals surface area contributed by atoms with Gasteiger partial charge in [0.15, 0.2) is 11.5 Å². The zero-order valence-corrected chi connectivity index (χ0v) is 11.4. The van der Waals surface area contributed by atoms with Gasteiger partial charge in [0.1, 0.15) is 5.65 Å². The Balaban J connectivity index is 2.02. The summed E-state index contributed by atoms with van der Waals surface area (Å²) < 4.78 is 8.13. The van der Waals surface area contributed by atoms with Crippen LogP contribution in [0.1, 0.15) is 5.56 Å². The average Bonchev–Trinajstić information content (AvgIpc) is 2.91. The fourth-order valence-corrected chi connectivity index (χ4v) is 3.15. The molecule has 0 amide bonds. The van der Waals surface area contributed by atoms with Gasteiger partial charge in [0.05, 0.1) is 22.8 Å². The quantitative estimate of drug-likeness (QED) is 0.429. The van der Waals surface area contributed by atoms with Gasteiger partial charge in [-0.05, 0) is 30.3 Å². The van der Waals surface area contributed by atoms with E-state index in [2.05, 4.69) is 27.8 Å². The molecule has 1 aliphatic heterocycles. The number of nitrogens with zero attached hydrogens (tertiary/aromatic N) is 3. The summed E-state index contributed by atoms with van der Waals surface area (Å²) in [5.41, 5.74) is 3.42. The summed E-state index contributed by atoms with van der Waals surface area (Å²) in [7, 11) is 0. The molecule has 0 aliphatic carbocycles. The van der Waals surface area contributed by atoms with Gasteiger partial charge in [-0.1, -0.05) is 12.1 Å². The fourth-order valence-electron chi connectivity index (χ4n) is 3.15. The van der Waals surface area contributed by atoms with E-state index >= 15 is 0 Å². The number of benzene rings is 2. The third-order valence-electron chi connectivity index (χ3n) is 4.06. The Bertz CT molecular complexity index is 1120. The van der Waals surface area contributed by atoms with Crippen LogP contribution in [-0.2, 0) is 0 Å². The number of aromatic nitrogens is 2. The third kappa shape index (κ3) is 1.28. The molecule has 0 atom stereocenters. The highest BCUT2D eigenvalue weighted by Crippen LogP contribution is 2.44. The smallest absolute Gasteiger partial charge is 0.152 e. The van der Waals surface area contributed by atoms with E-state index in [0.717, 1.165) is 33.4 Å². The van der Waals surface area contributed by atoms with Gasteiger partial charge in [-0.3, -0.25) is 4.57 Å². The van der Waals surface area contributed by atoms with E-state index in [1.807, 2.05) is 24.3 Å². The number of ether oxygens (including phenoxy) is 1. The van der Waals surface area contributed by atoms with Crippen molar-refractivity contribution in [2.75, 3.05) is 0 Å². The van der Waals surface area contributed by atoms with E-state index in [0.29, 0.717) is 11.3 Å². The van der Waals surface area contributed by atoms with Crippen molar-refractivity contribution in [2.45, 2.75) is 0 Å². The molecule has 4 heteroatoms. The minimum absolute atomic E-state index is 0.582. The van der Waals surface area contributed by atoms with Gasteiger partial charge >= 0.3 is 0 Å². The number of para-hydroxylation sites is 1. The first-order chi connectivity index (χ1) is 10.9. The zero-order chi connectivity index (χ0) is 14.7. The molecule has 4 nitrogen and oxygen atoms in total. The molecule has 22 heavy (non-hydrogen) atoms. The van der Waals surface area contributed by atoms with E-state index in [-0.39, 0.29) is 0 Å². The van der Waals surface area contributed by atoms with Crippen molar-refractivity contribution in [3.8, 4) is 23.3 Å². The normalized spacial score (nSPS) is 12.0. The standard InChI is InChI=1S/C18H9N3O/c19-10-11-6-7-14-16(9-11)22-15-5-1-3-12-13-4-2-8-20-18(13)21(14)17(12)15/h1-9H. The largest absolute Gasteiger partial charge is 0.453 e. The molecule has 0 bridgehead atoms. The van der Waals surface area contributed by atoms with E-state index in [1.165, 1.54) is 0 Å². The SMILES string of the molecule is N#Cc1ccc2c(c1)Oc1cccc3c4cccnc4n-2c13. The van der Waals surface area contributed by atoms with Gasteiger partial charge < -0.3 is 4.74 Å². The average molecular weight is 283 g/mol. The van der Waals surface area contributed by atoms with E-state index < -0.39 is 0 Å². The molecule has 0 unspecified atom stereocenters. The molecule has 2 aromatic heterocycles. The predicted molar refractivity (Wildman–Crippen MR) is 83.4 cm³/mol. The van der Waals surface area contributed by atoms with Crippen molar-refractivity contribution in [3.63, 3.8) is 0 Å². The van der Waals surface area contributed by atoms with Crippen molar-refractivity contribution in [2.24, 2.45) is 0 Å². The first-order valence-corrected chi connectivity index (χ1v) is 6.97. The lowest BCUT2D eigenvalue weighted by Crippen LogP contribution is -2.04. The summed E-state index contributed by atoms with van der Waals surface area (Å²) >= 11 is 0. The Labute approximate surface area is 125 Å². The van der Waals surface area contributed by atoms with Gasteiger partial charge in [0, 0.05) is 23.0 Å². The number of rotatable bonds is 0. The fraction of sp³-hybridized carbons (Fsp3) is 0. The summed E-state index contributed by atoms with van der Waals surface area (Å²) in [6, 6.07) is 17.7. The van der Waals surface area contributed by atoms with Gasteiger partial charge in [-0.15, -0.1) is 0 Å². The Kier molecular flexibility index (Phi) is 1.99. The summed E-state index contributed by atoms with van der Waals surface area (Å²) in [6.45, 7) is 0. The number of pyridine rings is 1. The second kappa shape index (κ2) is 3.86. The number of nitriles is 1. The predicted octanol–water partition coefficient (Wildman–Crippen LogP) is 4.16. The van der Waals surface area contributed by atoms with Crippen LogP contribution in [0.25, 0.3) is 27.6 Å². The van der Waals surface area contributed by atoms with Crippen LogP contribution in [0.4, 0.5) is 0 Å². The van der Waals surface area contributed by atoms with Crippen molar-refractivity contribution in [1.82, 2.24) is 9.55 Å². The lowest BCUT2D eigenvalue weighted by Gasteiger charge is -2.20. The topological polar surface area (TPSA) is 50.8 Å². The van der Waals surface area contributed by atoms with Gasteiger partial charge in [-0.2, -0.15) is 5.26 Å². The Morgan fingerprint density at radius 1 is 1.00 bits per heavy atom. The number of hydrogen-bond donors (Lipinski definition) is 0. The van der Waals surface area contributed by atoms with Crippen LogP contribution in [0.3, 0.4) is 0 Å². The minimum atomic E-state index is 0.582. The molecule has 1 aliphatic rings. The molecule has 0 N–H and O–H groups in total. The van der Waals surface area contributed by atoms with Crippen LogP contribution in [0.2, 0.25) is 0 Å². The summed E-state index contributed by atoms with van der Waals surface area (Å²) in [5.74, 6) is 1.47. The monoisotopic (exact) mass is 283 g/mol. The van der Waals surface area contributed by atoms with Gasteiger partial charge in [0.2, 0.25) is 0 Å². The van der Waals surface area contributed by atoms with Gasteiger partial charge in [-0.25, -0.2) is 4.98 Å². The maximum Gasteiger partial charge on any atom is 0.152 e. The maximum absolute atomic E-state index is 9.09. The van der Waals surface area contributed by atoms with Crippen LogP contribution in [0, 0.1) is 11.3 Å². The summed E-state index contributed by atoms with van der Waals surface area (Å²) in [6.07, 6.45) is 1.79. The zero-order valence-electron chi connectivity index (χ0n) is 11.4.